The SMILES string of the molecule is C=C(C)C(=O)Oc1ccc(-c2ccc(OC(=O)C(C)(C)C)cc2)cc1COC. The van der Waals surface area contributed by atoms with Crippen LogP contribution in [0.15, 0.2) is 54.6 Å². The van der Waals surface area contributed by atoms with Gasteiger partial charge in [0.1, 0.15) is 11.5 Å². The van der Waals surface area contributed by atoms with E-state index >= 15 is 0 Å². The second kappa shape index (κ2) is 8.85. The fourth-order valence-electron chi connectivity index (χ4n) is 2.29. The van der Waals surface area contributed by atoms with Gasteiger partial charge in [-0.05, 0) is 63.1 Å². The third-order valence-electron chi connectivity index (χ3n) is 3.92. The Kier molecular flexibility index (Phi) is 6.75. The Morgan fingerprint density at radius 3 is 2.11 bits per heavy atom. The molecule has 0 aliphatic rings. The molecule has 0 heterocycles. The maximum Gasteiger partial charge on any atom is 0.338 e. The molecule has 0 radical (unpaired) electrons. The van der Waals surface area contributed by atoms with Crippen LogP contribution in [-0.4, -0.2) is 19.0 Å². The molecule has 0 bridgehead atoms. The van der Waals surface area contributed by atoms with Gasteiger partial charge >= 0.3 is 11.9 Å². The number of methoxy groups -OCH3 is 1. The average molecular weight is 382 g/mol. The predicted octanol–water partition coefficient (Wildman–Crippen LogP) is 4.93. The molecule has 0 aliphatic heterocycles. The number of hydrogen-bond acceptors (Lipinski definition) is 5. The van der Waals surface area contributed by atoms with Crippen LogP contribution in [0.2, 0.25) is 0 Å². The summed E-state index contributed by atoms with van der Waals surface area (Å²) in [4.78, 5) is 23.8. The van der Waals surface area contributed by atoms with Crippen LogP contribution in [0.1, 0.15) is 33.3 Å². The monoisotopic (exact) mass is 382 g/mol. The number of ether oxygens (including phenoxy) is 3. The molecular weight excluding hydrogens is 356 g/mol. The molecular formula is C23H26O5. The molecule has 0 amide bonds. The zero-order valence-corrected chi connectivity index (χ0v) is 17.0. The minimum Gasteiger partial charge on any atom is -0.426 e. The Morgan fingerprint density at radius 2 is 1.57 bits per heavy atom. The van der Waals surface area contributed by atoms with Crippen molar-refractivity contribution in [2.24, 2.45) is 5.41 Å². The summed E-state index contributed by atoms with van der Waals surface area (Å²) in [6.45, 7) is 10.9. The Balaban J connectivity index is 2.25. The standard InChI is InChI=1S/C23H26O5/c1-15(2)21(24)28-20-12-9-17(13-18(20)14-26-6)16-7-10-19(11-8-16)27-22(25)23(3,4)5/h7-13H,1,14H2,2-6H3. The minimum absolute atomic E-state index is 0.286. The Morgan fingerprint density at radius 1 is 0.964 bits per heavy atom. The first-order valence-corrected chi connectivity index (χ1v) is 8.94. The maximum absolute atomic E-state index is 12.0. The lowest BCUT2D eigenvalue weighted by atomic mass is 9.97. The quantitative estimate of drug-likeness (QED) is 0.403. The van der Waals surface area contributed by atoms with Crippen LogP contribution >= 0.6 is 0 Å². The zero-order chi connectivity index (χ0) is 20.9. The van der Waals surface area contributed by atoms with Crippen molar-refractivity contribution >= 4 is 11.9 Å². The number of rotatable bonds is 6. The first-order chi connectivity index (χ1) is 13.1. The van der Waals surface area contributed by atoms with Crippen molar-refractivity contribution in [2.45, 2.75) is 34.3 Å². The van der Waals surface area contributed by atoms with E-state index in [1.165, 1.54) is 0 Å². The third-order valence-corrected chi connectivity index (χ3v) is 3.92. The maximum atomic E-state index is 12.0. The van der Waals surface area contributed by atoms with Gasteiger partial charge < -0.3 is 14.2 Å². The molecule has 0 saturated carbocycles. The smallest absolute Gasteiger partial charge is 0.338 e. The number of hydrogen-bond donors (Lipinski definition) is 0. The molecule has 0 saturated heterocycles. The number of carbonyl (C=O) groups excluding carboxylic acids is 2. The molecule has 28 heavy (non-hydrogen) atoms. The Hall–Kier alpha value is -2.92. The van der Waals surface area contributed by atoms with E-state index in [0.29, 0.717) is 23.7 Å². The lowest BCUT2D eigenvalue weighted by Gasteiger charge is -2.16. The highest BCUT2D eigenvalue weighted by Gasteiger charge is 2.23. The number of benzene rings is 2. The van der Waals surface area contributed by atoms with Crippen molar-refractivity contribution < 1.29 is 23.8 Å². The molecule has 148 valence electrons. The van der Waals surface area contributed by atoms with Crippen molar-refractivity contribution in [1.82, 2.24) is 0 Å². The highest BCUT2D eigenvalue weighted by Crippen LogP contribution is 2.29. The fourth-order valence-corrected chi connectivity index (χ4v) is 2.29. The summed E-state index contributed by atoms with van der Waals surface area (Å²) in [6, 6.07) is 12.7. The van der Waals surface area contributed by atoms with Crippen molar-refractivity contribution in [3.63, 3.8) is 0 Å². The van der Waals surface area contributed by atoms with Gasteiger partial charge in [0.15, 0.2) is 0 Å². The molecule has 2 aromatic rings. The first-order valence-electron chi connectivity index (χ1n) is 8.94. The van der Waals surface area contributed by atoms with Gasteiger partial charge in [0, 0.05) is 18.2 Å². The van der Waals surface area contributed by atoms with Gasteiger partial charge in [0.05, 0.1) is 12.0 Å². The highest BCUT2D eigenvalue weighted by molar-refractivity contribution is 5.89. The molecule has 0 aliphatic carbocycles. The minimum atomic E-state index is -0.565. The zero-order valence-electron chi connectivity index (χ0n) is 17.0. The van der Waals surface area contributed by atoms with E-state index in [4.69, 9.17) is 14.2 Å². The predicted molar refractivity (Wildman–Crippen MR) is 108 cm³/mol. The van der Waals surface area contributed by atoms with E-state index in [9.17, 15) is 9.59 Å². The molecule has 0 fully saturated rings. The van der Waals surface area contributed by atoms with Gasteiger partial charge in [0.2, 0.25) is 0 Å². The second-order valence-corrected chi connectivity index (χ2v) is 7.59. The van der Waals surface area contributed by atoms with Gasteiger partial charge in [-0.2, -0.15) is 0 Å². The van der Waals surface area contributed by atoms with Crippen LogP contribution in [0.25, 0.3) is 11.1 Å². The van der Waals surface area contributed by atoms with Gasteiger partial charge in [-0.1, -0.05) is 24.8 Å². The van der Waals surface area contributed by atoms with Crippen molar-refractivity contribution in [2.75, 3.05) is 7.11 Å². The first kappa shape index (κ1) is 21.4. The summed E-state index contributed by atoms with van der Waals surface area (Å²) in [6.07, 6.45) is 0. The molecule has 2 aromatic carbocycles. The third kappa shape index (κ3) is 5.54. The van der Waals surface area contributed by atoms with E-state index in [1.54, 1.807) is 32.2 Å². The second-order valence-electron chi connectivity index (χ2n) is 7.59. The topological polar surface area (TPSA) is 61.8 Å². The Bertz CT molecular complexity index is 873. The van der Waals surface area contributed by atoms with Crippen LogP contribution in [0.5, 0.6) is 11.5 Å². The van der Waals surface area contributed by atoms with Crippen molar-refractivity contribution in [3.05, 3.63) is 60.2 Å². The number of esters is 2. The Labute approximate surface area is 165 Å². The van der Waals surface area contributed by atoms with Crippen LogP contribution < -0.4 is 9.47 Å². The summed E-state index contributed by atoms with van der Waals surface area (Å²) in [7, 11) is 1.58. The van der Waals surface area contributed by atoms with Gasteiger partial charge in [-0.25, -0.2) is 4.79 Å². The summed E-state index contributed by atoms with van der Waals surface area (Å²) in [5, 5.41) is 0. The van der Waals surface area contributed by atoms with E-state index in [0.717, 1.165) is 16.7 Å². The summed E-state index contributed by atoms with van der Waals surface area (Å²) in [5.41, 5.74) is 2.37. The van der Waals surface area contributed by atoms with Crippen molar-refractivity contribution in [3.8, 4) is 22.6 Å². The van der Waals surface area contributed by atoms with E-state index in [2.05, 4.69) is 6.58 Å². The van der Waals surface area contributed by atoms with Crippen LogP contribution in [0.4, 0.5) is 0 Å². The van der Waals surface area contributed by atoms with Gasteiger partial charge in [0.25, 0.3) is 0 Å². The number of carbonyl (C=O) groups is 2. The molecule has 0 N–H and O–H groups in total. The average Bonchev–Trinajstić information content (AvgIpc) is 2.63. The lowest BCUT2D eigenvalue weighted by Crippen LogP contribution is -2.25. The summed E-state index contributed by atoms with van der Waals surface area (Å²) in [5.74, 6) is 0.170. The highest BCUT2D eigenvalue weighted by atomic mass is 16.5. The van der Waals surface area contributed by atoms with E-state index < -0.39 is 11.4 Å². The molecule has 2 rings (SSSR count). The molecule has 0 spiro atoms. The van der Waals surface area contributed by atoms with Crippen molar-refractivity contribution in [1.29, 1.82) is 0 Å². The van der Waals surface area contributed by atoms with Crippen LogP contribution in [0.3, 0.4) is 0 Å². The lowest BCUT2D eigenvalue weighted by molar-refractivity contribution is -0.143. The molecule has 0 unspecified atom stereocenters. The fraction of sp³-hybridized carbons (Fsp3) is 0.304. The van der Waals surface area contributed by atoms with Gasteiger partial charge in [-0.15, -0.1) is 0 Å². The molecule has 5 nitrogen and oxygen atoms in total. The summed E-state index contributed by atoms with van der Waals surface area (Å²) >= 11 is 0. The normalized spacial score (nSPS) is 11.0. The van der Waals surface area contributed by atoms with E-state index in [-0.39, 0.29) is 5.97 Å². The van der Waals surface area contributed by atoms with Crippen LogP contribution in [0, 0.1) is 5.41 Å². The van der Waals surface area contributed by atoms with E-state index in [1.807, 2.05) is 45.0 Å². The molecule has 5 heteroatoms. The van der Waals surface area contributed by atoms with Crippen LogP contribution in [-0.2, 0) is 20.9 Å². The molecule has 0 aromatic heterocycles. The largest absolute Gasteiger partial charge is 0.426 e. The van der Waals surface area contributed by atoms with Gasteiger partial charge in [-0.3, -0.25) is 4.79 Å². The summed E-state index contributed by atoms with van der Waals surface area (Å²) < 4.78 is 16.0. The molecule has 0 atom stereocenters.